The number of aliphatic imine (C=N–C) groups is 1. The number of nitrogens with zero attached hydrogens (tertiary/aromatic N) is 1. The zero-order valence-electron chi connectivity index (χ0n) is 13.8. The number of carbonyl (C=O) groups is 1. The highest BCUT2D eigenvalue weighted by molar-refractivity contribution is 5.77. The third-order valence-corrected chi connectivity index (χ3v) is 3.39. The van der Waals surface area contributed by atoms with Crippen LogP contribution >= 0.6 is 0 Å². The van der Waals surface area contributed by atoms with Gasteiger partial charge in [0.2, 0.25) is 0 Å². The Hall–Kier alpha value is -1.26. The summed E-state index contributed by atoms with van der Waals surface area (Å²) in [7, 11) is 1.42. The molecule has 0 heterocycles. The van der Waals surface area contributed by atoms with Crippen LogP contribution in [-0.4, -0.2) is 32.1 Å². The molecular weight excluding hydrogens is 266 g/mol. The van der Waals surface area contributed by atoms with Crippen LogP contribution in [-0.2, 0) is 9.53 Å². The van der Waals surface area contributed by atoms with Gasteiger partial charge in [-0.1, -0.05) is 45.4 Å². The molecule has 0 unspecified atom stereocenters. The van der Waals surface area contributed by atoms with Crippen molar-refractivity contribution in [3.05, 3.63) is 0 Å². The molecule has 0 aromatic rings. The van der Waals surface area contributed by atoms with Gasteiger partial charge >= 0.3 is 5.97 Å². The number of hydrogen-bond donors (Lipinski definition) is 2. The van der Waals surface area contributed by atoms with Gasteiger partial charge < -0.3 is 15.8 Å². The minimum atomic E-state index is -0.140. The van der Waals surface area contributed by atoms with Crippen LogP contribution in [0.4, 0.5) is 0 Å². The summed E-state index contributed by atoms with van der Waals surface area (Å²) in [5.41, 5.74) is 5.79. The Morgan fingerprint density at radius 3 is 2.43 bits per heavy atom. The number of rotatable bonds is 13. The lowest BCUT2D eigenvalue weighted by Gasteiger charge is -2.05. The lowest BCUT2D eigenvalue weighted by molar-refractivity contribution is -0.140. The van der Waals surface area contributed by atoms with E-state index in [-0.39, 0.29) is 5.97 Å². The van der Waals surface area contributed by atoms with Gasteiger partial charge in [-0.15, -0.1) is 0 Å². The summed E-state index contributed by atoms with van der Waals surface area (Å²) in [5.74, 6) is 0.398. The summed E-state index contributed by atoms with van der Waals surface area (Å²) in [5, 5.41) is 3.15. The zero-order valence-corrected chi connectivity index (χ0v) is 13.8. The van der Waals surface area contributed by atoms with Crippen LogP contribution < -0.4 is 11.1 Å². The standard InChI is InChI=1S/C16H33N3O2/c1-3-4-5-6-7-10-13-18-16(17)19-14-11-8-9-12-15(20)21-2/h3-14H2,1-2H3,(H3,17,18,19). The molecule has 0 aromatic heterocycles. The molecule has 0 saturated carbocycles. The number of nitrogens with two attached hydrogens (primary N) is 1. The molecule has 0 spiro atoms. The Kier molecular flexibility index (Phi) is 14.2. The maximum atomic E-state index is 10.9. The van der Waals surface area contributed by atoms with Crippen molar-refractivity contribution in [2.24, 2.45) is 10.7 Å². The van der Waals surface area contributed by atoms with E-state index in [9.17, 15) is 4.79 Å². The first-order valence-electron chi connectivity index (χ1n) is 8.31. The van der Waals surface area contributed by atoms with Gasteiger partial charge in [0.25, 0.3) is 0 Å². The fourth-order valence-electron chi connectivity index (χ4n) is 2.04. The van der Waals surface area contributed by atoms with E-state index in [1.54, 1.807) is 0 Å². The predicted molar refractivity (Wildman–Crippen MR) is 88.4 cm³/mol. The monoisotopic (exact) mass is 299 g/mol. The Morgan fingerprint density at radius 2 is 1.71 bits per heavy atom. The van der Waals surface area contributed by atoms with Crippen molar-refractivity contribution in [3.63, 3.8) is 0 Å². The van der Waals surface area contributed by atoms with E-state index in [0.29, 0.717) is 12.4 Å². The van der Waals surface area contributed by atoms with Gasteiger partial charge in [0.05, 0.1) is 7.11 Å². The number of esters is 1. The van der Waals surface area contributed by atoms with E-state index in [1.807, 2.05) is 0 Å². The largest absolute Gasteiger partial charge is 0.469 e. The molecule has 5 nitrogen and oxygen atoms in total. The molecule has 5 heteroatoms. The van der Waals surface area contributed by atoms with Crippen molar-refractivity contribution in [2.45, 2.75) is 71.1 Å². The predicted octanol–water partition coefficient (Wildman–Crippen LogP) is 2.98. The van der Waals surface area contributed by atoms with E-state index in [2.05, 4.69) is 22.0 Å². The third-order valence-electron chi connectivity index (χ3n) is 3.39. The van der Waals surface area contributed by atoms with Crippen LogP contribution in [0.3, 0.4) is 0 Å². The first-order chi connectivity index (χ1) is 10.2. The number of methoxy groups -OCH3 is 1. The second-order valence-corrected chi connectivity index (χ2v) is 5.35. The quantitative estimate of drug-likeness (QED) is 0.237. The first kappa shape index (κ1) is 19.7. The van der Waals surface area contributed by atoms with Gasteiger partial charge in [-0.05, 0) is 19.3 Å². The molecule has 0 saturated heterocycles. The van der Waals surface area contributed by atoms with Crippen LogP contribution in [0, 0.1) is 0 Å². The third kappa shape index (κ3) is 15.0. The van der Waals surface area contributed by atoms with Crippen molar-refractivity contribution in [3.8, 4) is 0 Å². The summed E-state index contributed by atoms with van der Waals surface area (Å²) in [6, 6.07) is 0. The van der Waals surface area contributed by atoms with Crippen LogP contribution in [0.5, 0.6) is 0 Å². The molecular formula is C16H33N3O2. The number of carbonyl (C=O) groups excluding carboxylic acids is 1. The minimum absolute atomic E-state index is 0.140. The fourth-order valence-corrected chi connectivity index (χ4v) is 2.04. The highest BCUT2D eigenvalue weighted by atomic mass is 16.5. The SMILES string of the molecule is CCCCCCCCNC(N)=NCCCCCC(=O)OC. The van der Waals surface area contributed by atoms with Gasteiger partial charge in [0.15, 0.2) is 5.96 Å². The molecule has 0 radical (unpaired) electrons. The Morgan fingerprint density at radius 1 is 1.05 bits per heavy atom. The maximum absolute atomic E-state index is 10.9. The van der Waals surface area contributed by atoms with E-state index in [0.717, 1.165) is 38.8 Å². The molecule has 0 atom stereocenters. The lowest BCUT2D eigenvalue weighted by atomic mass is 10.1. The summed E-state index contributed by atoms with van der Waals surface area (Å²) < 4.78 is 4.58. The molecule has 0 bridgehead atoms. The Labute approximate surface area is 129 Å². The number of unbranched alkanes of at least 4 members (excludes halogenated alkanes) is 7. The second kappa shape index (κ2) is 15.1. The molecule has 0 aliphatic rings. The molecule has 0 aromatic carbocycles. The highest BCUT2D eigenvalue weighted by Crippen LogP contribution is 2.04. The summed E-state index contributed by atoms with van der Waals surface area (Å²) in [6.07, 6.45) is 11.0. The Bertz CT molecular complexity index is 281. The van der Waals surface area contributed by atoms with Crippen molar-refractivity contribution in [1.82, 2.24) is 5.32 Å². The van der Waals surface area contributed by atoms with Crippen LogP contribution in [0.2, 0.25) is 0 Å². The smallest absolute Gasteiger partial charge is 0.305 e. The summed E-state index contributed by atoms with van der Waals surface area (Å²) in [6.45, 7) is 3.86. The van der Waals surface area contributed by atoms with Crippen molar-refractivity contribution >= 4 is 11.9 Å². The summed E-state index contributed by atoms with van der Waals surface area (Å²) in [4.78, 5) is 15.2. The van der Waals surface area contributed by atoms with E-state index in [4.69, 9.17) is 5.73 Å². The molecule has 0 fully saturated rings. The number of guanidine groups is 1. The molecule has 3 N–H and O–H groups in total. The molecule has 0 aliphatic heterocycles. The van der Waals surface area contributed by atoms with Crippen LogP contribution in [0.1, 0.15) is 71.1 Å². The second-order valence-electron chi connectivity index (χ2n) is 5.35. The van der Waals surface area contributed by atoms with Gasteiger partial charge in [0, 0.05) is 19.5 Å². The zero-order chi connectivity index (χ0) is 15.8. The average Bonchev–Trinajstić information content (AvgIpc) is 2.49. The summed E-state index contributed by atoms with van der Waals surface area (Å²) >= 11 is 0. The number of hydrogen-bond acceptors (Lipinski definition) is 3. The van der Waals surface area contributed by atoms with Crippen molar-refractivity contribution in [1.29, 1.82) is 0 Å². The molecule has 124 valence electrons. The van der Waals surface area contributed by atoms with Gasteiger partial charge in [-0.2, -0.15) is 0 Å². The normalized spacial score (nSPS) is 11.4. The van der Waals surface area contributed by atoms with Crippen LogP contribution in [0.25, 0.3) is 0 Å². The maximum Gasteiger partial charge on any atom is 0.305 e. The van der Waals surface area contributed by atoms with Crippen molar-refractivity contribution < 1.29 is 9.53 Å². The highest BCUT2D eigenvalue weighted by Gasteiger charge is 1.98. The molecule has 0 rings (SSSR count). The topological polar surface area (TPSA) is 76.7 Å². The van der Waals surface area contributed by atoms with E-state index in [1.165, 1.54) is 39.2 Å². The first-order valence-corrected chi connectivity index (χ1v) is 8.31. The van der Waals surface area contributed by atoms with Crippen molar-refractivity contribution in [2.75, 3.05) is 20.2 Å². The molecule has 0 aliphatic carbocycles. The Balaban J connectivity index is 3.34. The van der Waals surface area contributed by atoms with Crippen LogP contribution in [0.15, 0.2) is 4.99 Å². The van der Waals surface area contributed by atoms with Gasteiger partial charge in [0.1, 0.15) is 0 Å². The minimum Gasteiger partial charge on any atom is -0.469 e. The number of nitrogens with one attached hydrogen (secondary N) is 1. The average molecular weight is 299 g/mol. The fraction of sp³-hybridized carbons (Fsp3) is 0.875. The molecule has 21 heavy (non-hydrogen) atoms. The van der Waals surface area contributed by atoms with Gasteiger partial charge in [-0.25, -0.2) is 0 Å². The lowest BCUT2D eigenvalue weighted by Crippen LogP contribution is -2.32. The van der Waals surface area contributed by atoms with E-state index >= 15 is 0 Å². The molecule has 0 amide bonds. The van der Waals surface area contributed by atoms with E-state index < -0.39 is 0 Å². The number of ether oxygens (including phenoxy) is 1. The van der Waals surface area contributed by atoms with Gasteiger partial charge in [-0.3, -0.25) is 9.79 Å².